The van der Waals surface area contributed by atoms with E-state index in [1.54, 1.807) is 11.3 Å². The molecule has 2 nitrogen and oxygen atoms in total. The predicted octanol–water partition coefficient (Wildman–Crippen LogP) is 3.37. The van der Waals surface area contributed by atoms with Crippen molar-refractivity contribution < 1.29 is 4.74 Å². The highest BCUT2D eigenvalue weighted by Gasteiger charge is 2.03. The average molecular weight is 271 g/mol. The summed E-state index contributed by atoms with van der Waals surface area (Å²) in [6.07, 6.45) is 5.40. The fourth-order valence-corrected chi connectivity index (χ4v) is 2.48. The highest BCUT2D eigenvalue weighted by atomic mass is 32.1. The maximum Gasteiger partial charge on any atom is 0.146 e. The van der Waals surface area contributed by atoms with Crippen LogP contribution in [0.2, 0.25) is 0 Å². The van der Waals surface area contributed by atoms with E-state index in [1.165, 1.54) is 5.56 Å². The second-order valence-corrected chi connectivity index (χ2v) is 5.38. The Morgan fingerprint density at radius 2 is 1.84 bits per heavy atom. The molecular weight excluding hydrogens is 254 g/mol. The third-order valence-corrected chi connectivity index (χ3v) is 3.42. The molecule has 0 N–H and O–H groups in total. The van der Waals surface area contributed by atoms with Crippen molar-refractivity contribution in [1.82, 2.24) is 4.90 Å². The quantitative estimate of drug-likeness (QED) is 0.773. The normalized spacial score (nSPS) is 10.4. The molecule has 0 aliphatic heterocycles. The Bertz CT molecular complexity index is 563. The summed E-state index contributed by atoms with van der Waals surface area (Å²) in [5.41, 5.74) is 3.28. The lowest BCUT2D eigenvalue weighted by molar-refractivity contribution is 0.306. The van der Waals surface area contributed by atoms with Crippen LogP contribution < -0.4 is 4.74 Å². The summed E-state index contributed by atoms with van der Waals surface area (Å²) in [5, 5.41) is 3.87. The Kier molecular flexibility index (Phi) is 4.62. The Hall–Kier alpha value is -1.76. The summed E-state index contributed by atoms with van der Waals surface area (Å²) in [4.78, 5) is 2.15. The molecule has 0 radical (unpaired) electrons. The van der Waals surface area contributed by atoms with Crippen LogP contribution in [0.4, 0.5) is 0 Å². The lowest BCUT2D eigenvalue weighted by Crippen LogP contribution is -2.10. The first-order valence-corrected chi connectivity index (χ1v) is 7.01. The maximum atomic E-state index is 5.73. The molecule has 0 bridgehead atoms. The number of benzene rings is 1. The Balaban J connectivity index is 1.95. The molecule has 2 aromatic rings. The number of nitrogens with zero attached hydrogens (tertiary/aromatic N) is 1. The Morgan fingerprint density at radius 3 is 2.47 bits per heavy atom. The molecule has 0 unspecified atom stereocenters. The molecule has 0 amide bonds. The van der Waals surface area contributed by atoms with Gasteiger partial charge < -0.3 is 9.64 Å². The van der Waals surface area contributed by atoms with Gasteiger partial charge in [0.05, 0.1) is 5.56 Å². The summed E-state index contributed by atoms with van der Waals surface area (Å²) in [5.74, 6) is 3.42. The van der Waals surface area contributed by atoms with Gasteiger partial charge in [-0.05, 0) is 25.2 Å². The molecule has 1 aromatic carbocycles. The monoisotopic (exact) mass is 271 g/mol. The van der Waals surface area contributed by atoms with Crippen LogP contribution >= 0.6 is 11.3 Å². The van der Waals surface area contributed by atoms with E-state index < -0.39 is 0 Å². The zero-order valence-corrected chi connectivity index (χ0v) is 12.0. The number of ether oxygens (including phenoxy) is 1. The number of hydrogen-bond acceptors (Lipinski definition) is 3. The van der Waals surface area contributed by atoms with Crippen molar-refractivity contribution in [2.75, 3.05) is 14.1 Å². The molecule has 0 aliphatic carbocycles. The van der Waals surface area contributed by atoms with Gasteiger partial charge in [-0.15, -0.1) is 17.8 Å². The van der Waals surface area contributed by atoms with Crippen molar-refractivity contribution in [3.8, 4) is 18.1 Å². The lowest BCUT2D eigenvalue weighted by Gasteiger charge is -2.10. The largest absolute Gasteiger partial charge is 0.487 e. The number of rotatable bonds is 5. The first-order chi connectivity index (χ1) is 9.19. The van der Waals surface area contributed by atoms with E-state index in [-0.39, 0.29) is 0 Å². The van der Waals surface area contributed by atoms with Crippen molar-refractivity contribution in [2.24, 2.45) is 0 Å². The fraction of sp³-hybridized carbons (Fsp3) is 0.250. The molecule has 0 fully saturated rings. The van der Waals surface area contributed by atoms with Gasteiger partial charge in [0.15, 0.2) is 0 Å². The molecule has 3 heteroatoms. The van der Waals surface area contributed by atoms with Gasteiger partial charge in [0.25, 0.3) is 0 Å². The first-order valence-electron chi connectivity index (χ1n) is 6.07. The zero-order valence-electron chi connectivity index (χ0n) is 11.2. The molecule has 1 aromatic heterocycles. The van der Waals surface area contributed by atoms with Gasteiger partial charge in [-0.1, -0.05) is 30.2 Å². The van der Waals surface area contributed by atoms with Gasteiger partial charge in [-0.25, -0.2) is 0 Å². The highest BCUT2D eigenvalue weighted by Crippen LogP contribution is 2.23. The van der Waals surface area contributed by atoms with Crippen molar-refractivity contribution >= 4 is 11.3 Å². The van der Waals surface area contributed by atoms with E-state index in [2.05, 4.69) is 49.2 Å². The number of thiophene rings is 1. The lowest BCUT2D eigenvalue weighted by atomic mass is 10.1. The molecule has 0 saturated carbocycles. The third kappa shape index (κ3) is 3.85. The van der Waals surface area contributed by atoms with Crippen LogP contribution in [0.3, 0.4) is 0 Å². The van der Waals surface area contributed by atoms with E-state index in [1.807, 2.05) is 10.8 Å². The first kappa shape index (κ1) is 13.7. The summed E-state index contributed by atoms with van der Waals surface area (Å²) in [6, 6.07) is 8.46. The summed E-state index contributed by atoms with van der Waals surface area (Å²) in [6.45, 7) is 1.50. The van der Waals surface area contributed by atoms with Gasteiger partial charge >= 0.3 is 0 Å². The van der Waals surface area contributed by atoms with Gasteiger partial charge in [-0.3, -0.25) is 0 Å². The van der Waals surface area contributed by atoms with Crippen LogP contribution in [-0.2, 0) is 13.2 Å². The number of terminal acetylenes is 1. The Labute approximate surface area is 118 Å². The minimum absolute atomic E-state index is 0.549. The van der Waals surface area contributed by atoms with Gasteiger partial charge in [-0.2, -0.15) is 0 Å². The third-order valence-electron chi connectivity index (χ3n) is 2.70. The fourth-order valence-electron chi connectivity index (χ4n) is 1.77. The van der Waals surface area contributed by atoms with Crippen molar-refractivity contribution in [3.63, 3.8) is 0 Å². The second kappa shape index (κ2) is 6.42. The standard InChI is InChI=1S/C16H17NOS/c1-4-15-11-19-12-16(15)18-10-14-7-5-13(6-8-14)9-17(2)3/h1,5-8,11-12H,9-10H2,2-3H3. The van der Waals surface area contributed by atoms with Crippen molar-refractivity contribution in [1.29, 1.82) is 0 Å². The Morgan fingerprint density at radius 1 is 1.16 bits per heavy atom. The second-order valence-electron chi connectivity index (χ2n) is 4.64. The van der Waals surface area contributed by atoms with Crippen LogP contribution in [0, 0.1) is 12.3 Å². The smallest absolute Gasteiger partial charge is 0.146 e. The highest BCUT2D eigenvalue weighted by molar-refractivity contribution is 7.08. The minimum atomic E-state index is 0.549. The summed E-state index contributed by atoms with van der Waals surface area (Å²) < 4.78 is 5.73. The predicted molar refractivity (Wildman–Crippen MR) is 80.4 cm³/mol. The number of hydrogen-bond donors (Lipinski definition) is 0. The topological polar surface area (TPSA) is 12.5 Å². The van der Waals surface area contributed by atoms with E-state index in [0.29, 0.717) is 6.61 Å². The van der Waals surface area contributed by atoms with Crippen molar-refractivity contribution in [2.45, 2.75) is 13.2 Å². The van der Waals surface area contributed by atoms with Crippen LogP contribution in [0.1, 0.15) is 16.7 Å². The molecule has 1 heterocycles. The molecule has 19 heavy (non-hydrogen) atoms. The minimum Gasteiger partial charge on any atom is -0.487 e. The van der Waals surface area contributed by atoms with Gasteiger partial charge in [0.2, 0.25) is 0 Å². The van der Waals surface area contributed by atoms with Crippen LogP contribution in [0.25, 0.3) is 0 Å². The maximum absolute atomic E-state index is 5.73. The zero-order chi connectivity index (χ0) is 13.7. The van der Waals surface area contributed by atoms with E-state index in [9.17, 15) is 0 Å². The van der Waals surface area contributed by atoms with Crippen LogP contribution in [0.5, 0.6) is 5.75 Å². The molecule has 0 spiro atoms. The average Bonchev–Trinajstić information content (AvgIpc) is 2.84. The molecular formula is C16H17NOS. The molecule has 0 aliphatic rings. The van der Waals surface area contributed by atoms with Crippen LogP contribution in [-0.4, -0.2) is 19.0 Å². The SMILES string of the molecule is C#Cc1cscc1OCc1ccc(CN(C)C)cc1. The van der Waals surface area contributed by atoms with Gasteiger partial charge in [0, 0.05) is 17.3 Å². The van der Waals surface area contributed by atoms with E-state index in [0.717, 1.165) is 23.4 Å². The van der Waals surface area contributed by atoms with E-state index >= 15 is 0 Å². The molecule has 98 valence electrons. The van der Waals surface area contributed by atoms with Crippen LogP contribution in [0.15, 0.2) is 35.0 Å². The summed E-state index contributed by atoms with van der Waals surface area (Å²) in [7, 11) is 4.13. The molecule has 0 atom stereocenters. The van der Waals surface area contributed by atoms with Gasteiger partial charge in [0.1, 0.15) is 12.4 Å². The molecule has 2 rings (SSSR count). The molecule has 0 saturated heterocycles. The summed E-state index contributed by atoms with van der Waals surface area (Å²) >= 11 is 1.56. The van der Waals surface area contributed by atoms with E-state index in [4.69, 9.17) is 11.2 Å². The van der Waals surface area contributed by atoms with Crippen molar-refractivity contribution in [3.05, 3.63) is 51.7 Å².